The molecule has 0 spiro atoms. The van der Waals surface area contributed by atoms with E-state index in [1.165, 1.54) is 0 Å². The number of nitrogens with one attached hydrogen (secondary N) is 1. The number of piperazine rings is 1. The minimum absolute atomic E-state index is 0.0658. The Morgan fingerprint density at radius 3 is 2.55 bits per heavy atom. The number of hydrogen-bond acceptors (Lipinski definition) is 5. The molecule has 7 heteroatoms. The molecular formula is C15H18N4O2S. The van der Waals surface area contributed by atoms with Crippen molar-refractivity contribution < 1.29 is 9.53 Å². The Kier molecular flexibility index (Phi) is 4.43. The van der Waals surface area contributed by atoms with Gasteiger partial charge in [-0.3, -0.25) is 0 Å². The third-order valence-corrected chi connectivity index (χ3v) is 4.43. The maximum Gasteiger partial charge on any atom is 0.321 e. The van der Waals surface area contributed by atoms with E-state index in [2.05, 4.69) is 15.2 Å². The summed E-state index contributed by atoms with van der Waals surface area (Å²) < 4.78 is 5.10. The number of anilines is 2. The fraction of sp³-hybridized carbons (Fsp3) is 0.333. The molecule has 22 heavy (non-hydrogen) atoms. The van der Waals surface area contributed by atoms with Gasteiger partial charge >= 0.3 is 6.03 Å². The first kappa shape index (κ1) is 14.6. The van der Waals surface area contributed by atoms with Crippen LogP contribution in [0.1, 0.15) is 0 Å². The van der Waals surface area contributed by atoms with Gasteiger partial charge in [-0.25, -0.2) is 9.78 Å². The molecule has 1 aliphatic rings. The third kappa shape index (κ3) is 3.30. The zero-order valence-electron chi connectivity index (χ0n) is 12.4. The molecule has 0 bridgehead atoms. The predicted octanol–water partition coefficient (Wildman–Crippen LogP) is 2.51. The van der Waals surface area contributed by atoms with Crippen LogP contribution in [0.25, 0.3) is 0 Å². The number of carbonyl (C=O) groups excluding carboxylic acids is 1. The number of thiazole rings is 1. The molecule has 0 unspecified atom stereocenters. The van der Waals surface area contributed by atoms with Gasteiger partial charge in [0.1, 0.15) is 5.75 Å². The maximum atomic E-state index is 12.3. The summed E-state index contributed by atoms with van der Waals surface area (Å²) in [6.07, 6.45) is 1.81. The number of hydrogen-bond donors (Lipinski definition) is 1. The summed E-state index contributed by atoms with van der Waals surface area (Å²) in [6.45, 7) is 3.01. The molecule has 2 aromatic rings. The van der Waals surface area contributed by atoms with Crippen LogP contribution in [0.15, 0.2) is 35.8 Å². The lowest BCUT2D eigenvalue weighted by Gasteiger charge is -2.34. The van der Waals surface area contributed by atoms with Crippen molar-refractivity contribution >= 4 is 28.2 Å². The standard InChI is InChI=1S/C15H18N4O2S/c1-21-13-4-2-12(3-5-13)17-14(20)18-7-9-19(10-8-18)15-16-6-11-22-15/h2-6,11H,7-10H2,1H3,(H,17,20). The van der Waals surface area contributed by atoms with Crippen molar-refractivity contribution in [2.45, 2.75) is 0 Å². The fourth-order valence-corrected chi connectivity index (χ4v) is 3.05. The Morgan fingerprint density at radius 2 is 1.95 bits per heavy atom. The molecule has 116 valence electrons. The van der Waals surface area contributed by atoms with E-state index in [1.807, 2.05) is 40.7 Å². The van der Waals surface area contributed by atoms with Crippen molar-refractivity contribution in [3.8, 4) is 5.75 Å². The molecular weight excluding hydrogens is 300 g/mol. The number of urea groups is 1. The summed E-state index contributed by atoms with van der Waals surface area (Å²) in [5.41, 5.74) is 0.771. The zero-order chi connectivity index (χ0) is 15.4. The lowest BCUT2D eigenvalue weighted by Crippen LogP contribution is -2.50. The Labute approximate surface area is 133 Å². The smallest absolute Gasteiger partial charge is 0.321 e. The van der Waals surface area contributed by atoms with E-state index < -0.39 is 0 Å². The predicted molar refractivity (Wildman–Crippen MR) is 87.9 cm³/mol. The molecule has 0 radical (unpaired) electrons. The molecule has 0 aliphatic carbocycles. The second kappa shape index (κ2) is 6.65. The number of methoxy groups -OCH3 is 1. The van der Waals surface area contributed by atoms with Crippen LogP contribution in [0.5, 0.6) is 5.75 Å². The van der Waals surface area contributed by atoms with Crippen LogP contribution >= 0.6 is 11.3 Å². The van der Waals surface area contributed by atoms with Crippen molar-refractivity contribution in [2.75, 3.05) is 43.5 Å². The molecule has 1 aliphatic heterocycles. The monoisotopic (exact) mass is 318 g/mol. The summed E-state index contributed by atoms with van der Waals surface area (Å²) in [6, 6.07) is 7.26. The van der Waals surface area contributed by atoms with Gasteiger partial charge in [0.15, 0.2) is 5.13 Å². The molecule has 1 N–H and O–H groups in total. The van der Waals surface area contributed by atoms with E-state index in [9.17, 15) is 4.79 Å². The van der Waals surface area contributed by atoms with Crippen molar-refractivity contribution in [1.82, 2.24) is 9.88 Å². The molecule has 0 atom stereocenters. The quantitative estimate of drug-likeness (QED) is 0.945. The van der Waals surface area contributed by atoms with Crippen molar-refractivity contribution in [2.24, 2.45) is 0 Å². The third-order valence-electron chi connectivity index (χ3n) is 3.60. The highest BCUT2D eigenvalue weighted by Crippen LogP contribution is 2.20. The number of ether oxygens (including phenoxy) is 1. The minimum atomic E-state index is -0.0658. The lowest BCUT2D eigenvalue weighted by atomic mass is 10.3. The number of aromatic nitrogens is 1. The summed E-state index contributed by atoms with van der Waals surface area (Å²) in [7, 11) is 1.62. The van der Waals surface area contributed by atoms with E-state index >= 15 is 0 Å². The Bertz CT molecular complexity index is 607. The molecule has 0 saturated carbocycles. The van der Waals surface area contributed by atoms with Crippen LogP contribution in [0, 0.1) is 0 Å². The van der Waals surface area contributed by atoms with Gasteiger partial charge in [0, 0.05) is 43.4 Å². The van der Waals surface area contributed by atoms with Crippen LogP contribution in [0.3, 0.4) is 0 Å². The zero-order valence-corrected chi connectivity index (χ0v) is 13.2. The van der Waals surface area contributed by atoms with Gasteiger partial charge in [0.25, 0.3) is 0 Å². The highest BCUT2D eigenvalue weighted by atomic mass is 32.1. The average molecular weight is 318 g/mol. The normalized spacial score (nSPS) is 14.8. The molecule has 1 aromatic heterocycles. The SMILES string of the molecule is COc1ccc(NC(=O)N2CCN(c3nccs3)CC2)cc1. The van der Waals surface area contributed by atoms with E-state index in [-0.39, 0.29) is 6.03 Å². The summed E-state index contributed by atoms with van der Waals surface area (Å²) in [5.74, 6) is 0.773. The molecule has 2 amide bonds. The van der Waals surface area contributed by atoms with Crippen LogP contribution in [-0.4, -0.2) is 49.2 Å². The maximum absolute atomic E-state index is 12.3. The molecule has 6 nitrogen and oxygen atoms in total. The summed E-state index contributed by atoms with van der Waals surface area (Å²) >= 11 is 1.63. The largest absolute Gasteiger partial charge is 0.497 e. The molecule has 1 aromatic carbocycles. The first-order valence-corrected chi connectivity index (χ1v) is 7.98. The van der Waals surface area contributed by atoms with Crippen LogP contribution in [0.4, 0.5) is 15.6 Å². The van der Waals surface area contributed by atoms with Crippen molar-refractivity contribution in [1.29, 1.82) is 0 Å². The van der Waals surface area contributed by atoms with Gasteiger partial charge in [-0.1, -0.05) is 0 Å². The van der Waals surface area contributed by atoms with E-state index in [1.54, 1.807) is 18.4 Å². The number of rotatable bonds is 3. The Balaban J connectivity index is 1.53. The minimum Gasteiger partial charge on any atom is -0.497 e. The molecule has 3 rings (SSSR count). The first-order chi connectivity index (χ1) is 10.8. The highest BCUT2D eigenvalue weighted by Gasteiger charge is 2.22. The molecule has 1 fully saturated rings. The van der Waals surface area contributed by atoms with Gasteiger partial charge in [0.05, 0.1) is 7.11 Å². The highest BCUT2D eigenvalue weighted by molar-refractivity contribution is 7.13. The van der Waals surface area contributed by atoms with Gasteiger partial charge in [-0.05, 0) is 24.3 Å². The Morgan fingerprint density at radius 1 is 1.23 bits per heavy atom. The van der Waals surface area contributed by atoms with Gasteiger partial charge in [-0.15, -0.1) is 11.3 Å². The second-order valence-electron chi connectivity index (χ2n) is 4.95. The van der Waals surface area contributed by atoms with Gasteiger partial charge < -0.3 is 19.9 Å². The lowest BCUT2D eigenvalue weighted by molar-refractivity contribution is 0.208. The van der Waals surface area contributed by atoms with Gasteiger partial charge in [-0.2, -0.15) is 0 Å². The average Bonchev–Trinajstić information content (AvgIpc) is 3.10. The number of nitrogens with zero attached hydrogens (tertiary/aromatic N) is 3. The Hall–Kier alpha value is -2.28. The van der Waals surface area contributed by atoms with E-state index in [0.29, 0.717) is 13.1 Å². The van der Waals surface area contributed by atoms with E-state index in [4.69, 9.17) is 4.74 Å². The van der Waals surface area contributed by atoms with Crippen LogP contribution in [-0.2, 0) is 0 Å². The van der Waals surface area contributed by atoms with E-state index in [0.717, 1.165) is 29.7 Å². The molecule has 2 heterocycles. The van der Waals surface area contributed by atoms with Crippen molar-refractivity contribution in [3.05, 3.63) is 35.8 Å². The summed E-state index contributed by atoms with van der Waals surface area (Å²) in [4.78, 5) is 20.6. The number of amides is 2. The topological polar surface area (TPSA) is 57.7 Å². The van der Waals surface area contributed by atoms with Crippen molar-refractivity contribution in [3.63, 3.8) is 0 Å². The second-order valence-corrected chi connectivity index (χ2v) is 5.82. The molecule has 1 saturated heterocycles. The summed E-state index contributed by atoms with van der Waals surface area (Å²) in [5, 5.41) is 5.91. The number of benzene rings is 1. The first-order valence-electron chi connectivity index (χ1n) is 7.10. The number of carbonyl (C=O) groups is 1. The van der Waals surface area contributed by atoms with Gasteiger partial charge in [0.2, 0.25) is 0 Å². The fourth-order valence-electron chi connectivity index (χ4n) is 2.35. The van der Waals surface area contributed by atoms with Crippen LogP contribution in [0.2, 0.25) is 0 Å². The van der Waals surface area contributed by atoms with Crippen LogP contribution < -0.4 is 15.0 Å².